The summed E-state index contributed by atoms with van der Waals surface area (Å²) >= 11 is 0. The number of benzene rings is 1. The summed E-state index contributed by atoms with van der Waals surface area (Å²) in [7, 11) is 0. The average Bonchev–Trinajstić information content (AvgIpc) is 3.34. The second-order valence-electron chi connectivity index (χ2n) is 6.84. The molecule has 4 rings (SSSR count). The molecule has 2 unspecified atom stereocenters. The first kappa shape index (κ1) is 16.2. The zero-order valence-electron chi connectivity index (χ0n) is 13.7. The monoisotopic (exact) mass is 346 g/mol. The summed E-state index contributed by atoms with van der Waals surface area (Å²) in [5.74, 6) is -1.53. The lowest BCUT2D eigenvalue weighted by molar-refractivity contribution is 0.0919. The molecule has 1 saturated heterocycles. The maximum absolute atomic E-state index is 13.6. The molecule has 132 valence electrons. The number of H-pyrrole nitrogens is 1. The van der Waals surface area contributed by atoms with E-state index in [1.807, 2.05) is 0 Å². The van der Waals surface area contributed by atoms with E-state index in [1.165, 1.54) is 6.07 Å². The third kappa shape index (κ3) is 3.42. The molecule has 1 aromatic heterocycles. The first-order chi connectivity index (χ1) is 12.1. The van der Waals surface area contributed by atoms with Gasteiger partial charge in [0.05, 0.1) is 0 Å². The first-order valence-electron chi connectivity index (χ1n) is 8.63. The second-order valence-corrected chi connectivity index (χ2v) is 6.84. The highest BCUT2D eigenvalue weighted by atomic mass is 19.2. The van der Waals surface area contributed by atoms with Crippen LogP contribution in [0, 0.1) is 11.6 Å². The van der Waals surface area contributed by atoms with Gasteiger partial charge in [-0.3, -0.25) is 9.89 Å². The third-order valence-corrected chi connectivity index (χ3v) is 5.02. The molecule has 0 radical (unpaired) electrons. The van der Waals surface area contributed by atoms with Gasteiger partial charge in [-0.15, -0.1) is 0 Å². The van der Waals surface area contributed by atoms with Crippen molar-refractivity contribution in [3.63, 3.8) is 0 Å². The molecule has 7 heteroatoms. The number of piperidine rings is 1. The SMILES string of the molecule is O=C(NC1CNCCC1c1ccc(F)c(F)c1)c1cc(C2CC2)[nH]n1. The summed E-state index contributed by atoms with van der Waals surface area (Å²) in [4.78, 5) is 12.5. The minimum atomic E-state index is -0.859. The van der Waals surface area contributed by atoms with Crippen molar-refractivity contribution in [1.29, 1.82) is 0 Å². The topological polar surface area (TPSA) is 69.8 Å². The fraction of sp³-hybridized carbons (Fsp3) is 0.444. The Kier molecular flexibility index (Phi) is 4.25. The van der Waals surface area contributed by atoms with Gasteiger partial charge in [0.2, 0.25) is 0 Å². The smallest absolute Gasteiger partial charge is 0.272 e. The van der Waals surface area contributed by atoms with Crippen LogP contribution in [0.1, 0.15) is 52.8 Å². The summed E-state index contributed by atoms with van der Waals surface area (Å²) in [6.45, 7) is 1.35. The molecule has 1 aromatic carbocycles. The molecule has 5 nitrogen and oxygen atoms in total. The highest BCUT2D eigenvalue weighted by Crippen LogP contribution is 2.39. The van der Waals surface area contributed by atoms with E-state index in [-0.39, 0.29) is 17.9 Å². The molecule has 2 fully saturated rings. The molecule has 2 aliphatic rings. The quantitative estimate of drug-likeness (QED) is 0.796. The molecular weight excluding hydrogens is 326 g/mol. The van der Waals surface area contributed by atoms with Gasteiger partial charge in [0.15, 0.2) is 11.6 Å². The molecule has 2 heterocycles. The second kappa shape index (κ2) is 6.55. The molecule has 2 atom stereocenters. The van der Waals surface area contributed by atoms with E-state index in [0.717, 1.165) is 37.6 Å². The third-order valence-electron chi connectivity index (χ3n) is 5.02. The minimum absolute atomic E-state index is 0.0675. The molecule has 1 saturated carbocycles. The molecule has 0 spiro atoms. The van der Waals surface area contributed by atoms with Gasteiger partial charge in [-0.2, -0.15) is 5.10 Å². The zero-order valence-corrected chi connectivity index (χ0v) is 13.7. The Bertz CT molecular complexity index is 787. The normalized spacial score (nSPS) is 23.4. The summed E-state index contributed by atoms with van der Waals surface area (Å²) < 4.78 is 26.8. The van der Waals surface area contributed by atoms with E-state index in [4.69, 9.17) is 0 Å². The summed E-state index contributed by atoms with van der Waals surface area (Å²) in [5.41, 5.74) is 2.08. The number of halogens is 2. The lowest BCUT2D eigenvalue weighted by atomic mass is 9.86. The van der Waals surface area contributed by atoms with E-state index in [1.54, 1.807) is 12.1 Å². The predicted molar refractivity (Wildman–Crippen MR) is 88.4 cm³/mol. The fourth-order valence-electron chi connectivity index (χ4n) is 3.45. The molecule has 0 bridgehead atoms. The molecule has 1 amide bonds. The number of carbonyl (C=O) groups is 1. The number of hydrogen-bond donors (Lipinski definition) is 3. The number of aromatic nitrogens is 2. The van der Waals surface area contributed by atoms with Crippen LogP contribution < -0.4 is 10.6 Å². The largest absolute Gasteiger partial charge is 0.346 e. The van der Waals surface area contributed by atoms with Gasteiger partial charge in [-0.05, 0) is 49.6 Å². The van der Waals surface area contributed by atoms with E-state index in [2.05, 4.69) is 20.8 Å². The number of rotatable bonds is 4. The van der Waals surface area contributed by atoms with Crippen LogP contribution in [0.3, 0.4) is 0 Å². The van der Waals surface area contributed by atoms with Crippen molar-refractivity contribution in [2.45, 2.75) is 37.1 Å². The van der Waals surface area contributed by atoms with Crippen LogP contribution in [0.25, 0.3) is 0 Å². The predicted octanol–water partition coefficient (Wildman–Crippen LogP) is 2.44. The summed E-state index contributed by atoms with van der Waals surface area (Å²) in [5, 5.41) is 13.3. The van der Waals surface area contributed by atoms with Crippen LogP contribution in [0.5, 0.6) is 0 Å². The van der Waals surface area contributed by atoms with Crippen LogP contribution in [-0.2, 0) is 0 Å². The lowest BCUT2D eigenvalue weighted by Crippen LogP contribution is -2.50. The number of nitrogens with zero attached hydrogens (tertiary/aromatic N) is 1. The minimum Gasteiger partial charge on any atom is -0.346 e. The van der Waals surface area contributed by atoms with E-state index in [0.29, 0.717) is 23.7 Å². The lowest BCUT2D eigenvalue weighted by Gasteiger charge is -2.33. The number of carbonyl (C=O) groups excluding carboxylic acids is 1. The van der Waals surface area contributed by atoms with Crippen LogP contribution in [0.4, 0.5) is 8.78 Å². The van der Waals surface area contributed by atoms with Crippen LogP contribution in [0.15, 0.2) is 24.3 Å². The van der Waals surface area contributed by atoms with Crippen LogP contribution >= 0.6 is 0 Å². The standard InChI is InChI=1S/C18H20F2N4O/c19-13-4-3-11(7-14(13)20)12-5-6-21-9-17(12)22-18(25)16-8-15(23-24-16)10-1-2-10/h3-4,7-8,10,12,17,21H,1-2,5-6,9H2,(H,22,25)(H,23,24). The van der Waals surface area contributed by atoms with Crippen molar-refractivity contribution < 1.29 is 13.6 Å². The molecule has 2 aromatic rings. The number of aromatic amines is 1. The van der Waals surface area contributed by atoms with Gasteiger partial charge in [0.25, 0.3) is 5.91 Å². The number of nitrogens with one attached hydrogen (secondary N) is 3. The Morgan fingerprint density at radius 3 is 2.76 bits per heavy atom. The Morgan fingerprint density at radius 2 is 2.00 bits per heavy atom. The maximum Gasteiger partial charge on any atom is 0.272 e. The van der Waals surface area contributed by atoms with Crippen molar-refractivity contribution >= 4 is 5.91 Å². The van der Waals surface area contributed by atoms with Gasteiger partial charge in [0.1, 0.15) is 5.69 Å². The van der Waals surface area contributed by atoms with Crippen molar-refractivity contribution in [2.24, 2.45) is 0 Å². The first-order valence-corrected chi connectivity index (χ1v) is 8.63. The van der Waals surface area contributed by atoms with Crippen LogP contribution in [-0.4, -0.2) is 35.2 Å². The highest BCUT2D eigenvalue weighted by molar-refractivity contribution is 5.92. The van der Waals surface area contributed by atoms with Gasteiger partial charge in [0, 0.05) is 30.1 Å². The molecule has 1 aliphatic carbocycles. The van der Waals surface area contributed by atoms with Gasteiger partial charge in [-0.25, -0.2) is 8.78 Å². The van der Waals surface area contributed by atoms with E-state index in [9.17, 15) is 13.6 Å². The van der Waals surface area contributed by atoms with Crippen molar-refractivity contribution in [1.82, 2.24) is 20.8 Å². The summed E-state index contributed by atoms with van der Waals surface area (Å²) in [6.07, 6.45) is 3.01. The van der Waals surface area contributed by atoms with E-state index < -0.39 is 11.6 Å². The molecule has 3 N–H and O–H groups in total. The average molecular weight is 346 g/mol. The Labute approximate surface area is 144 Å². The van der Waals surface area contributed by atoms with Gasteiger partial charge < -0.3 is 10.6 Å². The Morgan fingerprint density at radius 1 is 1.16 bits per heavy atom. The van der Waals surface area contributed by atoms with Crippen molar-refractivity contribution in [2.75, 3.05) is 13.1 Å². The molecule has 1 aliphatic heterocycles. The Hall–Kier alpha value is -2.28. The highest BCUT2D eigenvalue weighted by Gasteiger charge is 2.30. The van der Waals surface area contributed by atoms with Crippen molar-refractivity contribution in [3.8, 4) is 0 Å². The fourth-order valence-corrected chi connectivity index (χ4v) is 3.45. The van der Waals surface area contributed by atoms with E-state index >= 15 is 0 Å². The number of amides is 1. The Balaban J connectivity index is 1.49. The number of hydrogen-bond acceptors (Lipinski definition) is 3. The van der Waals surface area contributed by atoms with Gasteiger partial charge >= 0.3 is 0 Å². The molecule has 25 heavy (non-hydrogen) atoms. The van der Waals surface area contributed by atoms with Gasteiger partial charge in [-0.1, -0.05) is 6.07 Å². The zero-order chi connectivity index (χ0) is 17.4. The van der Waals surface area contributed by atoms with Crippen molar-refractivity contribution in [3.05, 3.63) is 52.9 Å². The molecular formula is C18H20F2N4O. The van der Waals surface area contributed by atoms with Crippen LogP contribution in [0.2, 0.25) is 0 Å². The summed E-state index contributed by atoms with van der Waals surface area (Å²) in [6, 6.07) is 5.56. The maximum atomic E-state index is 13.6.